The Morgan fingerprint density at radius 1 is 0.639 bits per heavy atom. The van der Waals surface area contributed by atoms with Crippen molar-refractivity contribution < 1.29 is 59.0 Å². The number of fused-ring (bicyclic) bond motifs is 2. The van der Waals surface area contributed by atoms with Crippen LogP contribution in [0.5, 0.6) is 0 Å². The summed E-state index contributed by atoms with van der Waals surface area (Å²) in [5, 5.41) is 9.99. The van der Waals surface area contributed by atoms with E-state index in [1.165, 1.54) is 72.7 Å². The summed E-state index contributed by atoms with van der Waals surface area (Å²) < 4.78 is 115. The van der Waals surface area contributed by atoms with E-state index in [0.29, 0.717) is 12.1 Å². The van der Waals surface area contributed by atoms with E-state index in [-0.39, 0.29) is 43.4 Å². The number of halogens is 10. The summed E-state index contributed by atoms with van der Waals surface area (Å²) in [6.45, 7) is -1.72. The summed E-state index contributed by atoms with van der Waals surface area (Å²) in [5.41, 5.74) is -3.59. The molecule has 2 unspecified atom stereocenters. The molecule has 4 N–H and O–H groups in total. The second-order valence-corrected chi connectivity index (χ2v) is 14.3. The second-order valence-electron chi connectivity index (χ2n) is 13.5. The number of benzene rings is 4. The summed E-state index contributed by atoms with van der Waals surface area (Å²) >= 11 is 12.9. The molecule has 0 fully saturated rings. The number of esters is 2. The Balaban J connectivity index is 1.08. The van der Waals surface area contributed by atoms with E-state index >= 15 is 0 Å². The van der Waals surface area contributed by atoms with Gasteiger partial charge in [0.2, 0.25) is 0 Å². The van der Waals surface area contributed by atoms with Gasteiger partial charge in [0.05, 0.1) is 28.1 Å². The fourth-order valence-corrected chi connectivity index (χ4v) is 7.28. The largest absolute Gasteiger partial charge is 0.421 e. The minimum Gasteiger partial charge on any atom is -0.390 e. The van der Waals surface area contributed by atoms with Crippen LogP contribution >= 0.6 is 23.2 Å². The smallest absolute Gasteiger partial charge is 0.390 e. The highest BCUT2D eigenvalue weighted by molar-refractivity contribution is 6.36. The van der Waals surface area contributed by atoms with Crippen LogP contribution in [-0.4, -0.2) is 60.7 Å². The molecule has 2 atom stereocenters. The van der Waals surface area contributed by atoms with Crippen molar-refractivity contribution in [3.05, 3.63) is 140 Å². The molecule has 0 aliphatic carbocycles. The normalized spacial score (nSPS) is 16.1. The molecule has 0 spiro atoms. The molecule has 2 heterocycles. The van der Waals surface area contributed by atoms with Crippen LogP contribution in [0.15, 0.2) is 85.2 Å². The molecule has 61 heavy (non-hydrogen) atoms. The zero-order valence-corrected chi connectivity index (χ0v) is 32.9. The third-order valence-electron chi connectivity index (χ3n) is 9.39. The molecule has 4 aromatic carbocycles. The molecule has 4 aromatic rings. The number of ether oxygens (including phenoxy) is 1. The summed E-state index contributed by atoms with van der Waals surface area (Å²) in [7, 11) is 2.87. The van der Waals surface area contributed by atoms with Gasteiger partial charge < -0.3 is 35.8 Å². The van der Waals surface area contributed by atoms with Crippen LogP contribution in [0, 0.1) is 11.6 Å². The maximum absolute atomic E-state index is 14.9. The lowest BCUT2D eigenvalue weighted by atomic mass is 9.93. The van der Waals surface area contributed by atoms with E-state index in [4.69, 9.17) is 27.9 Å². The van der Waals surface area contributed by atoms with Gasteiger partial charge in [0.15, 0.2) is 5.82 Å². The first-order chi connectivity index (χ1) is 28.7. The molecule has 2 aliphatic heterocycles. The average Bonchev–Trinajstić information content (AvgIpc) is 3.17. The Hall–Kier alpha value is -6.34. The van der Waals surface area contributed by atoms with Gasteiger partial charge in [0.25, 0.3) is 11.8 Å². The van der Waals surface area contributed by atoms with Crippen LogP contribution in [0.25, 0.3) is 11.1 Å². The Morgan fingerprint density at radius 3 is 1.56 bits per heavy atom. The van der Waals surface area contributed by atoms with Crippen LogP contribution in [-0.2, 0) is 36.3 Å². The molecule has 6 rings (SSSR count). The van der Waals surface area contributed by atoms with E-state index in [1.807, 2.05) is 0 Å². The number of amides is 2. The predicted molar refractivity (Wildman–Crippen MR) is 207 cm³/mol. The molecular weight excluding hydrogens is 867 g/mol. The van der Waals surface area contributed by atoms with Crippen molar-refractivity contribution >= 4 is 69.5 Å². The lowest BCUT2D eigenvalue weighted by molar-refractivity contribution is -0.159. The molecule has 320 valence electrons. The number of hydrogen-bond donors (Lipinski definition) is 4. The first-order valence-corrected chi connectivity index (χ1v) is 18.4. The number of nitrogens with one attached hydrogen (secondary N) is 4. The maximum Gasteiger partial charge on any atom is 0.421 e. The summed E-state index contributed by atoms with van der Waals surface area (Å²) in [6.07, 6.45) is -9.59. The van der Waals surface area contributed by atoms with Gasteiger partial charge in [-0.05, 0) is 36.4 Å². The third-order valence-corrected chi connectivity index (χ3v) is 10.0. The number of carbonyl (C=O) groups is 4. The number of rotatable bonds is 10. The topological polar surface area (TPSA) is 132 Å². The minimum absolute atomic E-state index is 0.0159. The summed E-state index contributed by atoms with van der Waals surface area (Å²) in [6, 6.07) is 14.4. The third kappa shape index (κ3) is 9.36. The van der Waals surface area contributed by atoms with E-state index in [2.05, 4.69) is 21.3 Å². The lowest BCUT2D eigenvalue weighted by Crippen LogP contribution is -2.38. The van der Waals surface area contributed by atoms with Gasteiger partial charge in [0, 0.05) is 58.8 Å². The zero-order chi connectivity index (χ0) is 44.6. The van der Waals surface area contributed by atoms with Crippen LogP contribution in [0.3, 0.4) is 0 Å². The monoisotopic (exact) mass is 896 g/mol. The molecule has 0 saturated carbocycles. The number of carbonyl (C=O) groups excluding carboxylic acids is 4. The van der Waals surface area contributed by atoms with Crippen molar-refractivity contribution in [2.24, 2.45) is 0 Å². The maximum atomic E-state index is 14.9. The number of hydrogen-bond acceptors (Lipinski definition) is 9. The Morgan fingerprint density at radius 2 is 1.08 bits per heavy atom. The summed E-state index contributed by atoms with van der Waals surface area (Å²) in [4.78, 5) is 54.6. The SMILES string of the molecule is CN1C=C(C(=O)NCC(=O)OC(=O)CNC(=O)C2=CN(C)C(Nc3cccc(F)c3C(F)(F)F)c3cccc(Cl)c32)c2c(Cl)cccc2C1Nc1cccc(C(F)(F)F)c1F. The fourth-order valence-electron chi connectivity index (χ4n) is 6.72. The van der Waals surface area contributed by atoms with Gasteiger partial charge in [0.1, 0.15) is 36.8 Å². The lowest BCUT2D eigenvalue weighted by Gasteiger charge is -2.36. The molecule has 0 radical (unpaired) electrons. The highest BCUT2D eigenvalue weighted by atomic mass is 35.5. The van der Waals surface area contributed by atoms with Gasteiger partial charge in [-0.1, -0.05) is 59.6 Å². The molecule has 0 bridgehead atoms. The van der Waals surface area contributed by atoms with Gasteiger partial charge >= 0.3 is 24.3 Å². The van der Waals surface area contributed by atoms with Crippen molar-refractivity contribution in [2.75, 3.05) is 37.8 Å². The van der Waals surface area contributed by atoms with Crippen molar-refractivity contribution in [1.29, 1.82) is 0 Å². The van der Waals surface area contributed by atoms with Gasteiger partial charge in [-0.25, -0.2) is 18.4 Å². The molecule has 0 aromatic heterocycles. The van der Waals surface area contributed by atoms with Crippen LogP contribution in [0.1, 0.15) is 45.7 Å². The van der Waals surface area contributed by atoms with Crippen molar-refractivity contribution in [3.63, 3.8) is 0 Å². The number of anilines is 2. The summed E-state index contributed by atoms with van der Waals surface area (Å²) in [5.74, 6) is -7.32. The van der Waals surface area contributed by atoms with Crippen molar-refractivity contribution in [3.8, 4) is 0 Å². The molecule has 11 nitrogen and oxygen atoms in total. The quantitative estimate of drug-likeness (QED) is 0.0709. The van der Waals surface area contributed by atoms with Crippen molar-refractivity contribution in [1.82, 2.24) is 20.4 Å². The number of alkyl halides is 6. The van der Waals surface area contributed by atoms with Crippen LogP contribution in [0.4, 0.5) is 46.5 Å². The van der Waals surface area contributed by atoms with Gasteiger partial charge in [-0.3, -0.25) is 9.59 Å². The highest BCUT2D eigenvalue weighted by Crippen LogP contribution is 2.43. The first kappa shape index (κ1) is 44.2. The Labute approximate surface area is 350 Å². The van der Waals surface area contributed by atoms with E-state index < -0.39 is 95.7 Å². The molecule has 2 amide bonds. The van der Waals surface area contributed by atoms with E-state index in [0.717, 1.165) is 24.3 Å². The molecule has 21 heteroatoms. The average molecular weight is 898 g/mol. The molecule has 2 aliphatic rings. The van der Waals surface area contributed by atoms with Crippen LogP contribution in [0.2, 0.25) is 10.0 Å². The fraction of sp³-hybridized carbons (Fsp3) is 0.200. The van der Waals surface area contributed by atoms with Crippen molar-refractivity contribution in [2.45, 2.75) is 24.7 Å². The van der Waals surface area contributed by atoms with E-state index in [1.54, 1.807) is 0 Å². The number of nitrogens with zero attached hydrogens (tertiary/aromatic N) is 2. The predicted octanol–water partition coefficient (Wildman–Crippen LogP) is 8.11. The van der Waals surface area contributed by atoms with Gasteiger partial charge in [-0.15, -0.1) is 0 Å². The molecule has 0 saturated heterocycles. The zero-order valence-electron chi connectivity index (χ0n) is 31.4. The minimum atomic E-state index is -5.04. The Bertz CT molecular complexity index is 2500. The van der Waals surface area contributed by atoms with E-state index in [9.17, 15) is 54.3 Å². The second kappa shape index (κ2) is 17.3. The van der Waals surface area contributed by atoms with Gasteiger partial charge in [-0.2, -0.15) is 26.3 Å². The highest BCUT2D eigenvalue weighted by Gasteiger charge is 2.40. The Kier molecular flexibility index (Phi) is 12.6. The first-order valence-electron chi connectivity index (χ1n) is 17.7. The standard InChI is InChI=1S/C40H30Cl2F8N6O5/c1-55-17-21(31-19(7-3-10-24(31)41)35(55)53-27-13-6-12-26(43)33(27)40(48,49)50)37(59)51-15-29(57)61-30(58)16-52-38(60)22-18-56(2)36(20-8-4-11-25(42)32(20)22)54-28-14-5-9-23(34(28)44)39(45,46)47/h3-14,17-18,35-36,53-54H,15-16H2,1-2H3,(H,51,59)(H,52,60). The van der Waals surface area contributed by atoms with Crippen LogP contribution < -0.4 is 21.3 Å². The molecular formula is C40H30Cl2F8N6O5.